The van der Waals surface area contributed by atoms with E-state index in [-0.39, 0.29) is 0 Å². The van der Waals surface area contributed by atoms with Crippen LogP contribution >= 0.6 is 0 Å². The number of aliphatic hydroxyl groups is 1. The number of aryl methyl sites for hydroxylation is 1. The van der Waals surface area contributed by atoms with Gasteiger partial charge in [0.1, 0.15) is 5.75 Å². The number of benzene rings is 2. The van der Waals surface area contributed by atoms with Gasteiger partial charge < -0.3 is 9.84 Å². The molecule has 2 aromatic rings. The molecule has 2 heterocycles. The van der Waals surface area contributed by atoms with Crippen LogP contribution < -0.4 is 4.74 Å². The summed E-state index contributed by atoms with van der Waals surface area (Å²) in [6.45, 7) is 3.05. The van der Waals surface area contributed by atoms with Crippen LogP contribution in [0, 0.1) is 6.92 Å². The maximum absolute atomic E-state index is 11.6. The van der Waals surface area contributed by atoms with Crippen molar-refractivity contribution in [3.63, 3.8) is 0 Å². The highest BCUT2D eigenvalue weighted by Crippen LogP contribution is 2.47. The second-order valence-corrected chi connectivity index (χ2v) is 8.04. The molecule has 0 amide bonds. The summed E-state index contributed by atoms with van der Waals surface area (Å²) >= 11 is 0. The van der Waals surface area contributed by atoms with Gasteiger partial charge in [-0.1, -0.05) is 48.9 Å². The third-order valence-corrected chi connectivity index (χ3v) is 6.23. The van der Waals surface area contributed by atoms with E-state index in [0.717, 1.165) is 36.3 Å². The number of nitrogens with zero attached hydrogens (tertiary/aromatic N) is 1. The highest BCUT2D eigenvalue weighted by molar-refractivity contribution is 5.41. The highest BCUT2D eigenvalue weighted by atomic mass is 16.5. The van der Waals surface area contributed by atoms with Gasteiger partial charge in [0, 0.05) is 24.2 Å². The molecule has 0 spiro atoms. The molecule has 2 bridgehead atoms. The molecule has 2 aliphatic rings. The first-order chi connectivity index (χ1) is 12.6. The van der Waals surface area contributed by atoms with Gasteiger partial charge in [0.2, 0.25) is 0 Å². The maximum Gasteiger partial charge on any atom is 0.125 e. The van der Waals surface area contributed by atoms with Gasteiger partial charge >= 0.3 is 0 Å². The second-order valence-electron chi connectivity index (χ2n) is 8.04. The number of rotatable bonds is 4. The summed E-state index contributed by atoms with van der Waals surface area (Å²) in [7, 11) is 1.70. The van der Waals surface area contributed by atoms with Gasteiger partial charge in [-0.2, -0.15) is 0 Å². The van der Waals surface area contributed by atoms with Crippen LogP contribution in [0.5, 0.6) is 5.75 Å². The molecule has 1 N–H and O–H groups in total. The minimum Gasteiger partial charge on any atom is -0.496 e. The summed E-state index contributed by atoms with van der Waals surface area (Å²) < 4.78 is 5.62. The Morgan fingerprint density at radius 2 is 1.77 bits per heavy atom. The standard InChI is InChI=1S/C23H29NO2/c1-17-11-12-21(22(13-17)26-2)23(25)14-19-9-6-10-20(15-23)24(19)16-18-7-4-3-5-8-18/h3-5,7-8,11-13,19-20,25H,6,9-10,14-16H2,1-2H3. The molecule has 0 saturated carbocycles. The van der Waals surface area contributed by atoms with Gasteiger partial charge in [-0.05, 0) is 49.8 Å². The zero-order valence-electron chi connectivity index (χ0n) is 15.8. The average molecular weight is 351 g/mol. The molecule has 138 valence electrons. The van der Waals surface area contributed by atoms with Crippen molar-refractivity contribution in [1.29, 1.82) is 0 Å². The Morgan fingerprint density at radius 1 is 1.08 bits per heavy atom. The Morgan fingerprint density at radius 3 is 2.42 bits per heavy atom. The fourth-order valence-corrected chi connectivity index (χ4v) is 4.98. The quantitative estimate of drug-likeness (QED) is 0.886. The van der Waals surface area contributed by atoms with Crippen molar-refractivity contribution in [2.24, 2.45) is 0 Å². The van der Waals surface area contributed by atoms with Crippen molar-refractivity contribution >= 4 is 0 Å². The predicted molar refractivity (Wildman–Crippen MR) is 104 cm³/mol. The van der Waals surface area contributed by atoms with Crippen LogP contribution in [0.1, 0.15) is 48.8 Å². The second kappa shape index (κ2) is 7.05. The predicted octanol–water partition coefficient (Wildman–Crippen LogP) is 4.41. The fourth-order valence-electron chi connectivity index (χ4n) is 4.98. The van der Waals surface area contributed by atoms with Crippen LogP contribution in [0.3, 0.4) is 0 Å². The first-order valence-electron chi connectivity index (χ1n) is 9.76. The summed E-state index contributed by atoms with van der Waals surface area (Å²) in [5, 5.41) is 11.6. The van der Waals surface area contributed by atoms with Gasteiger partial charge in [-0.3, -0.25) is 4.90 Å². The summed E-state index contributed by atoms with van der Waals surface area (Å²) in [5.74, 6) is 0.821. The van der Waals surface area contributed by atoms with Gasteiger partial charge in [0.15, 0.2) is 0 Å². The molecule has 0 aliphatic carbocycles. The molecule has 4 rings (SSSR count). The molecule has 2 saturated heterocycles. The zero-order valence-corrected chi connectivity index (χ0v) is 15.8. The smallest absolute Gasteiger partial charge is 0.125 e. The van der Waals surface area contributed by atoms with Crippen molar-refractivity contribution in [2.75, 3.05) is 7.11 Å². The molecule has 3 heteroatoms. The molecular formula is C23H29NO2. The minimum absolute atomic E-state index is 0.429. The van der Waals surface area contributed by atoms with Crippen molar-refractivity contribution in [2.45, 2.75) is 63.3 Å². The number of hydrogen-bond acceptors (Lipinski definition) is 3. The largest absolute Gasteiger partial charge is 0.496 e. The molecule has 2 fully saturated rings. The third-order valence-electron chi connectivity index (χ3n) is 6.23. The van der Waals surface area contributed by atoms with Gasteiger partial charge in [0.25, 0.3) is 0 Å². The normalized spacial score (nSPS) is 28.7. The van der Waals surface area contributed by atoms with Gasteiger partial charge in [0.05, 0.1) is 12.7 Å². The Balaban J connectivity index is 1.61. The van der Waals surface area contributed by atoms with Crippen LogP contribution in [-0.2, 0) is 12.1 Å². The highest BCUT2D eigenvalue weighted by Gasteiger charge is 2.47. The van der Waals surface area contributed by atoms with E-state index < -0.39 is 5.60 Å². The monoisotopic (exact) mass is 351 g/mol. The van der Waals surface area contributed by atoms with Crippen LogP contribution in [0.4, 0.5) is 0 Å². The summed E-state index contributed by atoms with van der Waals surface area (Å²) in [5.41, 5.74) is 2.70. The Bertz CT molecular complexity index is 744. The lowest BCUT2D eigenvalue weighted by Crippen LogP contribution is -2.56. The van der Waals surface area contributed by atoms with E-state index in [2.05, 4.69) is 54.3 Å². The lowest BCUT2D eigenvalue weighted by atomic mass is 9.72. The van der Waals surface area contributed by atoms with E-state index in [1.165, 1.54) is 24.8 Å². The molecule has 0 aromatic heterocycles. The van der Waals surface area contributed by atoms with E-state index in [4.69, 9.17) is 4.74 Å². The first kappa shape index (κ1) is 17.6. The number of ether oxygens (including phenoxy) is 1. The fraction of sp³-hybridized carbons (Fsp3) is 0.478. The topological polar surface area (TPSA) is 32.7 Å². The summed E-state index contributed by atoms with van der Waals surface area (Å²) in [6, 6.07) is 17.8. The number of fused-ring (bicyclic) bond motifs is 2. The van der Waals surface area contributed by atoms with Crippen LogP contribution in [0.15, 0.2) is 48.5 Å². The minimum atomic E-state index is -0.790. The molecule has 2 atom stereocenters. The lowest BCUT2D eigenvalue weighted by molar-refractivity contribution is -0.101. The molecule has 2 aliphatic heterocycles. The molecule has 2 unspecified atom stereocenters. The number of hydrogen-bond donors (Lipinski definition) is 1. The average Bonchev–Trinajstić information content (AvgIpc) is 2.63. The SMILES string of the molecule is COc1cc(C)ccc1C1(O)CC2CCCC(C1)N2Cc1ccccc1. The zero-order chi connectivity index (χ0) is 18.1. The Labute approximate surface area is 156 Å². The molecule has 3 nitrogen and oxygen atoms in total. The maximum atomic E-state index is 11.6. The molecule has 2 aromatic carbocycles. The molecule has 0 radical (unpaired) electrons. The summed E-state index contributed by atoms with van der Waals surface area (Å²) in [6.07, 6.45) is 5.17. The first-order valence-corrected chi connectivity index (χ1v) is 9.76. The van der Waals surface area contributed by atoms with Crippen molar-refractivity contribution in [3.05, 3.63) is 65.2 Å². The van der Waals surface area contributed by atoms with Crippen molar-refractivity contribution in [3.8, 4) is 5.75 Å². The van der Waals surface area contributed by atoms with Gasteiger partial charge in [-0.25, -0.2) is 0 Å². The molecule has 26 heavy (non-hydrogen) atoms. The van der Waals surface area contributed by atoms with Crippen LogP contribution in [0.25, 0.3) is 0 Å². The van der Waals surface area contributed by atoms with E-state index >= 15 is 0 Å². The van der Waals surface area contributed by atoms with E-state index in [1.807, 2.05) is 6.07 Å². The Kier molecular flexibility index (Phi) is 4.76. The third kappa shape index (κ3) is 3.26. The molecular weight excluding hydrogens is 322 g/mol. The lowest BCUT2D eigenvalue weighted by Gasteiger charge is -2.52. The Hall–Kier alpha value is -1.84. The van der Waals surface area contributed by atoms with Crippen molar-refractivity contribution < 1.29 is 9.84 Å². The van der Waals surface area contributed by atoms with Gasteiger partial charge in [-0.15, -0.1) is 0 Å². The van der Waals surface area contributed by atoms with Crippen LogP contribution in [0.2, 0.25) is 0 Å². The number of methoxy groups -OCH3 is 1. The van der Waals surface area contributed by atoms with Crippen molar-refractivity contribution in [1.82, 2.24) is 4.90 Å². The van der Waals surface area contributed by atoms with E-state index in [0.29, 0.717) is 12.1 Å². The van der Waals surface area contributed by atoms with E-state index in [9.17, 15) is 5.11 Å². The van der Waals surface area contributed by atoms with Crippen LogP contribution in [-0.4, -0.2) is 29.2 Å². The summed E-state index contributed by atoms with van der Waals surface area (Å²) in [4.78, 5) is 2.63. The number of piperidine rings is 2. The van der Waals surface area contributed by atoms with E-state index in [1.54, 1.807) is 7.11 Å².